The molecule has 3 aromatic heterocycles. The Kier molecular flexibility index (Phi) is 8.73. The number of aromatic nitrogens is 3. The molecule has 0 saturated heterocycles. The molecule has 0 aliphatic heterocycles. The molecule has 0 unspecified atom stereocenters. The number of halogens is 3. The Hall–Kier alpha value is -3.99. The number of ketones is 1. The van der Waals surface area contributed by atoms with Crippen LogP contribution in [-0.2, 0) is 0 Å². The van der Waals surface area contributed by atoms with E-state index in [1.807, 2.05) is 12.1 Å². The molecular formula is C33H20EuF3N3O3. The van der Waals surface area contributed by atoms with E-state index in [4.69, 9.17) is 0 Å². The van der Waals surface area contributed by atoms with Gasteiger partial charge < -0.3 is 5.11 Å². The number of nitrogens with zero attached hydrogens (tertiary/aromatic N) is 3. The molecule has 0 amide bonds. The standard InChI is InChI=1S/C21H12F3NO3.C12H8N2.Eu/c22-21(23,24)19(27)17-18(26)16-14-9-5-4-6-12(14)10-11-15(16)25(20(17)28)13-7-2-1-3-8-13;1-3-9-5-6-10-4-2-8-14-12(10)11(9)13-7-1;/h1-11,26H;1-8H;. The number of hydrogen-bond acceptors (Lipinski definition) is 5. The van der Waals surface area contributed by atoms with Crippen LogP contribution in [0.4, 0.5) is 13.2 Å². The van der Waals surface area contributed by atoms with E-state index >= 15 is 0 Å². The largest absolute Gasteiger partial charge is 0.506 e. The second kappa shape index (κ2) is 12.3. The molecule has 0 aliphatic carbocycles. The summed E-state index contributed by atoms with van der Waals surface area (Å²) in [6.45, 7) is 0. The Morgan fingerprint density at radius 2 is 1.23 bits per heavy atom. The SMILES string of the molecule is O=C(c1c(O)c2c3ccccc3ccc2n(-c2ccccc2)c1=O)C(F)(F)F.[Eu].c1cnc2c(c1)ccc1cccnc12. The van der Waals surface area contributed by atoms with Gasteiger partial charge in [-0.05, 0) is 41.1 Å². The summed E-state index contributed by atoms with van der Waals surface area (Å²) in [7, 11) is 0. The molecule has 0 saturated carbocycles. The van der Waals surface area contributed by atoms with Crippen molar-refractivity contribution in [2.75, 3.05) is 0 Å². The van der Waals surface area contributed by atoms with Crippen molar-refractivity contribution in [2.45, 2.75) is 6.18 Å². The van der Waals surface area contributed by atoms with E-state index < -0.39 is 28.8 Å². The summed E-state index contributed by atoms with van der Waals surface area (Å²) in [6.07, 6.45) is -1.70. The van der Waals surface area contributed by atoms with Crippen molar-refractivity contribution in [3.63, 3.8) is 0 Å². The first kappa shape index (κ1) is 30.5. The molecule has 0 bridgehead atoms. The molecule has 213 valence electrons. The fourth-order valence-corrected chi connectivity index (χ4v) is 5.00. The van der Waals surface area contributed by atoms with Crippen LogP contribution in [0.25, 0.3) is 49.2 Å². The van der Waals surface area contributed by atoms with E-state index in [2.05, 4.69) is 34.2 Å². The van der Waals surface area contributed by atoms with E-state index in [9.17, 15) is 27.9 Å². The number of pyridine rings is 3. The quantitative estimate of drug-likeness (QED) is 0.149. The van der Waals surface area contributed by atoms with Crippen molar-refractivity contribution in [2.24, 2.45) is 0 Å². The van der Waals surface area contributed by atoms with Crippen LogP contribution in [0.15, 0.2) is 120 Å². The molecule has 10 heteroatoms. The van der Waals surface area contributed by atoms with Gasteiger partial charge in [0.15, 0.2) is 0 Å². The number of aromatic hydroxyl groups is 1. The predicted molar refractivity (Wildman–Crippen MR) is 156 cm³/mol. The summed E-state index contributed by atoms with van der Waals surface area (Å²) >= 11 is 0. The Morgan fingerprint density at radius 3 is 1.84 bits per heavy atom. The van der Waals surface area contributed by atoms with Gasteiger partial charge in [0.2, 0.25) is 0 Å². The van der Waals surface area contributed by atoms with Crippen molar-refractivity contribution in [3.05, 3.63) is 131 Å². The third kappa shape index (κ3) is 5.70. The zero-order chi connectivity index (χ0) is 29.4. The van der Waals surface area contributed by atoms with Crippen LogP contribution in [0, 0.1) is 49.4 Å². The van der Waals surface area contributed by atoms with Crippen molar-refractivity contribution < 1.29 is 72.4 Å². The van der Waals surface area contributed by atoms with Gasteiger partial charge in [0, 0.05) is 83.6 Å². The van der Waals surface area contributed by atoms with E-state index in [1.54, 1.807) is 60.9 Å². The number of carbonyl (C=O) groups excluding carboxylic acids is 1. The summed E-state index contributed by atoms with van der Waals surface area (Å²) < 4.78 is 40.4. The summed E-state index contributed by atoms with van der Waals surface area (Å²) in [6, 6.07) is 30.1. The van der Waals surface area contributed by atoms with Crippen LogP contribution in [0.1, 0.15) is 10.4 Å². The molecule has 0 spiro atoms. The molecule has 0 aliphatic rings. The maximum Gasteiger partial charge on any atom is 0.455 e. The Bertz CT molecular complexity index is 2150. The van der Waals surface area contributed by atoms with Crippen molar-refractivity contribution in [1.82, 2.24) is 14.5 Å². The van der Waals surface area contributed by atoms with Gasteiger partial charge in [0.1, 0.15) is 11.3 Å². The number of carbonyl (C=O) groups is 1. The van der Waals surface area contributed by atoms with E-state index in [0.717, 1.165) is 26.4 Å². The first-order chi connectivity index (χ1) is 20.3. The third-order valence-corrected chi connectivity index (χ3v) is 6.88. The van der Waals surface area contributed by atoms with Gasteiger partial charge in [-0.15, -0.1) is 0 Å². The molecule has 7 aromatic rings. The van der Waals surface area contributed by atoms with Gasteiger partial charge in [-0.3, -0.25) is 24.1 Å². The predicted octanol–water partition coefficient (Wildman–Crippen LogP) is 7.38. The topological polar surface area (TPSA) is 85.1 Å². The summed E-state index contributed by atoms with van der Waals surface area (Å²) in [5.74, 6) is -3.35. The van der Waals surface area contributed by atoms with Gasteiger partial charge >= 0.3 is 6.18 Å². The summed E-state index contributed by atoms with van der Waals surface area (Å²) in [5.41, 5.74) is -0.0830. The molecule has 7 rings (SSSR count). The molecule has 3 heterocycles. The molecule has 0 atom stereocenters. The maximum atomic E-state index is 13.1. The number of rotatable bonds is 2. The molecule has 4 aromatic carbocycles. The average molecular weight is 715 g/mol. The number of hydrogen-bond donors (Lipinski definition) is 1. The Balaban J connectivity index is 0.000000205. The summed E-state index contributed by atoms with van der Waals surface area (Å²) in [4.78, 5) is 33.6. The average Bonchev–Trinajstić information content (AvgIpc) is 3.01. The van der Waals surface area contributed by atoms with Crippen LogP contribution < -0.4 is 5.56 Å². The zero-order valence-electron chi connectivity index (χ0n) is 22.1. The van der Waals surface area contributed by atoms with Gasteiger partial charge in [0.25, 0.3) is 11.3 Å². The van der Waals surface area contributed by atoms with Gasteiger partial charge in [-0.25, -0.2) is 0 Å². The number of benzene rings is 4. The second-order valence-electron chi connectivity index (χ2n) is 9.42. The normalized spacial score (nSPS) is 11.2. The monoisotopic (exact) mass is 716 g/mol. The molecule has 1 N–H and O–H groups in total. The third-order valence-electron chi connectivity index (χ3n) is 6.88. The number of Topliss-reactive ketones (excluding diaryl/α,β-unsaturated/α-hetero) is 1. The van der Waals surface area contributed by atoms with E-state index in [0.29, 0.717) is 10.8 Å². The van der Waals surface area contributed by atoms with Crippen LogP contribution in [0.5, 0.6) is 5.75 Å². The second-order valence-corrected chi connectivity index (χ2v) is 9.42. The fraction of sp³-hybridized carbons (Fsp3) is 0.0303. The first-order valence-electron chi connectivity index (χ1n) is 12.8. The number of alkyl halides is 3. The van der Waals surface area contributed by atoms with Gasteiger partial charge in [-0.2, -0.15) is 13.2 Å². The smallest absolute Gasteiger partial charge is 0.455 e. The maximum absolute atomic E-state index is 13.1. The molecule has 1 radical (unpaired) electrons. The minimum atomic E-state index is -5.30. The number of fused-ring (bicyclic) bond motifs is 6. The Morgan fingerprint density at radius 1 is 0.698 bits per heavy atom. The minimum absolute atomic E-state index is 0. The van der Waals surface area contributed by atoms with Crippen molar-refractivity contribution in [1.29, 1.82) is 0 Å². The fourth-order valence-electron chi connectivity index (χ4n) is 5.00. The van der Waals surface area contributed by atoms with Crippen LogP contribution in [0.3, 0.4) is 0 Å². The van der Waals surface area contributed by atoms with Crippen LogP contribution >= 0.6 is 0 Å². The van der Waals surface area contributed by atoms with E-state index in [1.165, 1.54) is 18.2 Å². The molecule has 0 fully saturated rings. The zero-order valence-corrected chi connectivity index (χ0v) is 24.5. The number of para-hydroxylation sites is 1. The van der Waals surface area contributed by atoms with Crippen molar-refractivity contribution in [3.8, 4) is 11.4 Å². The van der Waals surface area contributed by atoms with E-state index in [-0.39, 0.29) is 66.0 Å². The minimum Gasteiger partial charge on any atom is -0.506 e. The van der Waals surface area contributed by atoms with Gasteiger partial charge in [0.05, 0.1) is 16.6 Å². The molecule has 43 heavy (non-hydrogen) atoms. The van der Waals surface area contributed by atoms with Crippen LogP contribution in [0.2, 0.25) is 0 Å². The van der Waals surface area contributed by atoms with Crippen molar-refractivity contribution >= 4 is 49.3 Å². The van der Waals surface area contributed by atoms with Crippen LogP contribution in [-0.4, -0.2) is 31.6 Å². The molecular weight excluding hydrogens is 695 g/mol. The molecule has 6 nitrogen and oxygen atoms in total. The summed E-state index contributed by atoms with van der Waals surface area (Å²) in [5, 5.41) is 14.0. The van der Waals surface area contributed by atoms with Gasteiger partial charge in [-0.1, -0.05) is 72.8 Å². The first-order valence-corrected chi connectivity index (χ1v) is 12.8. The Labute approximate surface area is 283 Å².